The molecule has 0 saturated carbocycles. The van der Waals surface area contributed by atoms with Gasteiger partial charge < -0.3 is 16.0 Å². The Bertz CT molecular complexity index is 706. The highest BCUT2D eigenvalue weighted by molar-refractivity contribution is 6.04. The maximum Gasteiger partial charge on any atom is 0.255 e. The van der Waals surface area contributed by atoms with Gasteiger partial charge in [0.2, 0.25) is 5.91 Å². The van der Waals surface area contributed by atoms with Crippen LogP contribution in [0.2, 0.25) is 0 Å². The molecule has 0 radical (unpaired) electrons. The molecule has 24 heavy (non-hydrogen) atoms. The van der Waals surface area contributed by atoms with Crippen LogP contribution in [-0.4, -0.2) is 23.9 Å². The smallest absolute Gasteiger partial charge is 0.255 e. The zero-order valence-electron chi connectivity index (χ0n) is 14.2. The molecule has 2 aromatic rings. The Balaban J connectivity index is 1.96. The van der Waals surface area contributed by atoms with Gasteiger partial charge in [-0.05, 0) is 51.1 Å². The number of hydrogen-bond donors (Lipinski definition) is 3. The first-order valence-electron chi connectivity index (χ1n) is 7.85. The molecule has 0 atom stereocenters. The summed E-state index contributed by atoms with van der Waals surface area (Å²) in [5.41, 5.74) is 1.73. The minimum absolute atomic E-state index is 0.122. The van der Waals surface area contributed by atoms with E-state index < -0.39 is 0 Å². The molecule has 0 fully saturated rings. The normalized spacial score (nSPS) is 11.0. The van der Waals surface area contributed by atoms with Gasteiger partial charge in [-0.3, -0.25) is 9.59 Å². The quantitative estimate of drug-likeness (QED) is 0.790. The van der Waals surface area contributed by atoms with Crippen LogP contribution in [-0.2, 0) is 4.79 Å². The minimum atomic E-state index is -0.187. The van der Waals surface area contributed by atoms with Crippen LogP contribution in [0.3, 0.4) is 0 Å². The van der Waals surface area contributed by atoms with Crippen molar-refractivity contribution in [3.63, 3.8) is 0 Å². The summed E-state index contributed by atoms with van der Waals surface area (Å²) >= 11 is 0. The maximum absolute atomic E-state index is 12.2. The van der Waals surface area contributed by atoms with Gasteiger partial charge in [0.25, 0.3) is 5.91 Å². The van der Waals surface area contributed by atoms with E-state index >= 15 is 0 Å². The molecule has 5 nitrogen and oxygen atoms in total. The zero-order valence-corrected chi connectivity index (χ0v) is 14.2. The van der Waals surface area contributed by atoms with E-state index in [1.807, 2.05) is 39.0 Å². The van der Waals surface area contributed by atoms with Crippen molar-refractivity contribution < 1.29 is 9.59 Å². The number of rotatable bonds is 5. The Morgan fingerprint density at radius 1 is 0.875 bits per heavy atom. The highest BCUT2D eigenvalue weighted by Crippen LogP contribution is 2.16. The van der Waals surface area contributed by atoms with Crippen LogP contribution >= 0.6 is 0 Å². The molecule has 0 aliphatic heterocycles. The van der Waals surface area contributed by atoms with Gasteiger partial charge in [0, 0.05) is 22.5 Å². The van der Waals surface area contributed by atoms with Crippen molar-refractivity contribution >= 4 is 23.2 Å². The first-order valence-corrected chi connectivity index (χ1v) is 7.85. The summed E-state index contributed by atoms with van der Waals surface area (Å²) in [5, 5.41) is 8.77. The maximum atomic E-state index is 12.2. The highest BCUT2D eigenvalue weighted by atomic mass is 16.2. The summed E-state index contributed by atoms with van der Waals surface area (Å²) in [6, 6.07) is 16.1. The average Bonchev–Trinajstić information content (AvgIpc) is 2.53. The Kier molecular flexibility index (Phi) is 5.71. The molecule has 0 aromatic heterocycles. The van der Waals surface area contributed by atoms with E-state index in [9.17, 15) is 9.59 Å². The lowest BCUT2D eigenvalue weighted by Crippen LogP contribution is -2.41. The Morgan fingerprint density at radius 2 is 1.50 bits per heavy atom. The monoisotopic (exact) mass is 325 g/mol. The zero-order chi connectivity index (χ0) is 17.6. The van der Waals surface area contributed by atoms with E-state index in [2.05, 4.69) is 16.0 Å². The first-order chi connectivity index (χ1) is 11.3. The van der Waals surface area contributed by atoms with E-state index in [4.69, 9.17) is 0 Å². The largest absolute Gasteiger partial charge is 0.325 e. The third-order valence-electron chi connectivity index (χ3n) is 3.22. The molecule has 5 heteroatoms. The van der Waals surface area contributed by atoms with E-state index in [1.54, 1.807) is 36.4 Å². The molecule has 0 bridgehead atoms. The topological polar surface area (TPSA) is 70.2 Å². The molecule has 2 rings (SSSR count). The number of anilines is 2. The standard InChI is InChI=1S/C19H23N3O2/c1-19(2,3)20-13-17(23)21-15-10-7-11-16(12-15)22-18(24)14-8-5-4-6-9-14/h4-12,20H,13H2,1-3H3,(H,21,23)(H,22,24). The Labute approximate surface area is 142 Å². The number of benzene rings is 2. The number of amides is 2. The molecule has 0 saturated heterocycles. The molecule has 126 valence electrons. The van der Waals surface area contributed by atoms with E-state index in [-0.39, 0.29) is 23.9 Å². The van der Waals surface area contributed by atoms with Gasteiger partial charge >= 0.3 is 0 Å². The second-order valence-electron chi connectivity index (χ2n) is 6.55. The summed E-state index contributed by atoms with van der Waals surface area (Å²) in [7, 11) is 0. The fourth-order valence-electron chi connectivity index (χ4n) is 2.02. The van der Waals surface area contributed by atoms with Gasteiger partial charge in [0.15, 0.2) is 0 Å². The van der Waals surface area contributed by atoms with Crippen molar-refractivity contribution in [2.24, 2.45) is 0 Å². The van der Waals surface area contributed by atoms with E-state index in [1.165, 1.54) is 0 Å². The number of nitrogens with one attached hydrogen (secondary N) is 3. The van der Waals surface area contributed by atoms with Crippen molar-refractivity contribution in [3.05, 3.63) is 60.2 Å². The third kappa shape index (κ3) is 5.85. The van der Waals surface area contributed by atoms with E-state index in [0.29, 0.717) is 16.9 Å². The van der Waals surface area contributed by atoms with Gasteiger partial charge in [0.05, 0.1) is 6.54 Å². The van der Waals surface area contributed by atoms with Gasteiger partial charge in [0.1, 0.15) is 0 Å². The number of carbonyl (C=O) groups excluding carboxylic acids is 2. The van der Waals surface area contributed by atoms with Crippen LogP contribution in [0.15, 0.2) is 54.6 Å². The third-order valence-corrected chi connectivity index (χ3v) is 3.22. The number of carbonyl (C=O) groups is 2. The number of hydrogen-bond acceptors (Lipinski definition) is 3. The average molecular weight is 325 g/mol. The fourth-order valence-corrected chi connectivity index (χ4v) is 2.02. The van der Waals surface area contributed by atoms with Gasteiger partial charge in [-0.2, -0.15) is 0 Å². The van der Waals surface area contributed by atoms with Crippen molar-refractivity contribution in [2.45, 2.75) is 26.3 Å². The van der Waals surface area contributed by atoms with Crippen LogP contribution < -0.4 is 16.0 Å². The van der Waals surface area contributed by atoms with Crippen LogP contribution in [0, 0.1) is 0 Å². The fraction of sp³-hybridized carbons (Fsp3) is 0.263. The van der Waals surface area contributed by atoms with Gasteiger partial charge in [-0.1, -0.05) is 24.3 Å². The van der Waals surface area contributed by atoms with Crippen molar-refractivity contribution in [3.8, 4) is 0 Å². The SMILES string of the molecule is CC(C)(C)NCC(=O)Nc1cccc(NC(=O)c2ccccc2)c1. The van der Waals surface area contributed by atoms with Gasteiger partial charge in [-0.15, -0.1) is 0 Å². The predicted molar refractivity (Wildman–Crippen MR) is 97.2 cm³/mol. The van der Waals surface area contributed by atoms with Gasteiger partial charge in [-0.25, -0.2) is 0 Å². The Morgan fingerprint density at radius 3 is 2.12 bits per heavy atom. The molecule has 2 amide bonds. The predicted octanol–water partition coefficient (Wildman–Crippen LogP) is 3.27. The summed E-state index contributed by atoms with van der Waals surface area (Å²) in [4.78, 5) is 24.1. The second-order valence-corrected chi connectivity index (χ2v) is 6.55. The Hall–Kier alpha value is -2.66. The summed E-state index contributed by atoms with van der Waals surface area (Å²) in [5.74, 6) is -0.315. The lowest BCUT2D eigenvalue weighted by atomic mass is 10.1. The minimum Gasteiger partial charge on any atom is -0.325 e. The molecule has 0 aliphatic rings. The first kappa shape index (κ1) is 17.7. The molecule has 0 spiro atoms. The van der Waals surface area contributed by atoms with Crippen molar-refractivity contribution in [1.82, 2.24) is 5.32 Å². The van der Waals surface area contributed by atoms with Crippen molar-refractivity contribution in [1.29, 1.82) is 0 Å². The van der Waals surface area contributed by atoms with Crippen LogP contribution in [0.1, 0.15) is 31.1 Å². The molecule has 3 N–H and O–H groups in total. The van der Waals surface area contributed by atoms with Crippen molar-refractivity contribution in [2.75, 3.05) is 17.2 Å². The molecular weight excluding hydrogens is 302 g/mol. The lowest BCUT2D eigenvalue weighted by molar-refractivity contribution is -0.115. The molecule has 0 unspecified atom stereocenters. The summed E-state index contributed by atoms with van der Waals surface area (Å²) < 4.78 is 0. The van der Waals surface area contributed by atoms with E-state index in [0.717, 1.165) is 0 Å². The molecular formula is C19H23N3O2. The molecule has 0 heterocycles. The highest BCUT2D eigenvalue weighted by Gasteiger charge is 2.11. The summed E-state index contributed by atoms with van der Waals surface area (Å²) in [6.45, 7) is 6.23. The second kappa shape index (κ2) is 7.75. The summed E-state index contributed by atoms with van der Waals surface area (Å²) in [6.07, 6.45) is 0. The molecule has 2 aromatic carbocycles. The van der Waals surface area contributed by atoms with Crippen LogP contribution in [0.5, 0.6) is 0 Å². The van der Waals surface area contributed by atoms with Crippen LogP contribution in [0.4, 0.5) is 11.4 Å². The lowest BCUT2D eigenvalue weighted by Gasteiger charge is -2.20. The molecule has 0 aliphatic carbocycles. The van der Waals surface area contributed by atoms with Crippen LogP contribution in [0.25, 0.3) is 0 Å².